The third-order valence-corrected chi connectivity index (χ3v) is 4.55. The first kappa shape index (κ1) is 16.6. The molecule has 3 rings (SSSR count). The number of nitrogens with one attached hydrogen (secondary N) is 1. The molecule has 0 aliphatic heterocycles. The van der Waals surface area contributed by atoms with E-state index in [0.29, 0.717) is 18.2 Å². The molecular weight excluding hydrogens is 302 g/mol. The summed E-state index contributed by atoms with van der Waals surface area (Å²) in [4.78, 5) is 12.2. The maximum atomic E-state index is 12.2. The molecule has 0 radical (unpaired) electrons. The Bertz CT molecular complexity index is 702. The van der Waals surface area contributed by atoms with Crippen LogP contribution < -0.4 is 10.1 Å². The van der Waals surface area contributed by atoms with E-state index in [1.165, 1.54) is 25.7 Å². The van der Waals surface area contributed by atoms with Crippen LogP contribution in [0.5, 0.6) is 5.75 Å². The number of aromatic nitrogens is 2. The van der Waals surface area contributed by atoms with Crippen LogP contribution in [0.4, 0.5) is 0 Å². The van der Waals surface area contributed by atoms with E-state index < -0.39 is 0 Å². The summed E-state index contributed by atoms with van der Waals surface area (Å²) in [6.07, 6.45) is 5.21. The van der Waals surface area contributed by atoms with Gasteiger partial charge in [0.25, 0.3) is 5.91 Å². The van der Waals surface area contributed by atoms with Gasteiger partial charge in [-0.3, -0.25) is 9.48 Å². The van der Waals surface area contributed by atoms with Gasteiger partial charge in [0.2, 0.25) is 0 Å². The van der Waals surface area contributed by atoms with Crippen LogP contribution in [0, 0.1) is 12.8 Å². The van der Waals surface area contributed by atoms with Crippen molar-refractivity contribution in [3.63, 3.8) is 0 Å². The Morgan fingerprint density at radius 1 is 1.33 bits per heavy atom. The molecule has 2 aromatic rings. The Kier molecular flexibility index (Phi) is 5.18. The van der Waals surface area contributed by atoms with Crippen molar-refractivity contribution in [3.05, 3.63) is 47.3 Å². The number of carbonyl (C=O) groups is 1. The molecule has 0 spiro atoms. The minimum atomic E-state index is -0.115. The van der Waals surface area contributed by atoms with Gasteiger partial charge in [0.15, 0.2) is 0 Å². The van der Waals surface area contributed by atoms with E-state index >= 15 is 0 Å². The number of ether oxygens (including phenoxy) is 1. The number of carbonyl (C=O) groups excluding carboxylic acids is 1. The van der Waals surface area contributed by atoms with Gasteiger partial charge in [0.05, 0.1) is 12.3 Å². The topological polar surface area (TPSA) is 56.1 Å². The number of nitrogens with zero attached hydrogens (tertiary/aromatic N) is 2. The third-order valence-electron chi connectivity index (χ3n) is 4.55. The van der Waals surface area contributed by atoms with Gasteiger partial charge in [-0.05, 0) is 49.4 Å². The monoisotopic (exact) mass is 327 g/mol. The van der Waals surface area contributed by atoms with E-state index in [-0.39, 0.29) is 5.91 Å². The fourth-order valence-corrected chi connectivity index (χ4v) is 3.23. The van der Waals surface area contributed by atoms with Crippen LogP contribution >= 0.6 is 0 Å². The molecule has 1 aliphatic rings. The van der Waals surface area contributed by atoms with Crippen molar-refractivity contribution in [1.82, 2.24) is 15.1 Å². The van der Waals surface area contributed by atoms with E-state index in [1.807, 2.05) is 31.2 Å². The Balaban J connectivity index is 1.54. The van der Waals surface area contributed by atoms with Crippen LogP contribution in [0.1, 0.15) is 47.4 Å². The number of hydrogen-bond donors (Lipinski definition) is 1. The molecule has 1 aromatic carbocycles. The first-order valence-corrected chi connectivity index (χ1v) is 8.62. The summed E-state index contributed by atoms with van der Waals surface area (Å²) in [6, 6.07) is 9.74. The van der Waals surface area contributed by atoms with E-state index in [0.717, 1.165) is 23.6 Å². The molecule has 5 heteroatoms. The lowest BCUT2D eigenvalue weighted by molar-refractivity contribution is 0.0941. The highest BCUT2D eigenvalue weighted by molar-refractivity contribution is 5.92. The predicted molar refractivity (Wildman–Crippen MR) is 93.0 cm³/mol. The molecule has 1 fully saturated rings. The number of rotatable bonds is 6. The van der Waals surface area contributed by atoms with Crippen molar-refractivity contribution in [3.8, 4) is 5.75 Å². The van der Waals surface area contributed by atoms with Crippen molar-refractivity contribution in [2.75, 3.05) is 6.61 Å². The van der Waals surface area contributed by atoms with Crippen LogP contribution in [0.25, 0.3) is 0 Å². The van der Waals surface area contributed by atoms with Gasteiger partial charge >= 0.3 is 0 Å². The lowest BCUT2D eigenvalue weighted by Gasteiger charge is -2.12. The fourth-order valence-electron chi connectivity index (χ4n) is 3.23. The third kappa shape index (κ3) is 4.16. The minimum absolute atomic E-state index is 0.115. The maximum Gasteiger partial charge on any atom is 0.269 e. The average Bonchev–Trinajstić information content (AvgIpc) is 3.20. The van der Waals surface area contributed by atoms with Crippen molar-refractivity contribution >= 4 is 5.91 Å². The molecule has 0 atom stereocenters. The minimum Gasteiger partial charge on any atom is -0.493 e. The molecule has 1 N–H and O–H groups in total. The van der Waals surface area contributed by atoms with E-state index in [1.54, 1.807) is 17.8 Å². The molecule has 5 nitrogen and oxygen atoms in total. The Morgan fingerprint density at radius 2 is 2.12 bits per heavy atom. The van der Waals surface area contributed by atoms with Crippen LogP contribution in [-0.2, 0) is 13.6 Å². The summed E-state index contributed by atoms with van der Waals surface area (Å²) in [5.41, 5.74) is 2.44. The van der Waals surface area contributed by atoms with Gasteiger partial charge in [-0.25, -0.2) is 0 Å². The molecule has 128 valence electrons. The SMILES string of the molecule is Cc1cc(C(=O)NCc2cccc(OCC3CCCC3)c2)n(C)n1. The van der Waals surface area contributed by atoms with Crippen molar-refractivity contribution in [1.29, 1.82) is 0 Å². The zero-order chi connectivity index (χ0) is 16.9. The summed E-state index contributed by atoms with van der Waals surface area (Å²) in [7, 11) is 1.78. The molecule has 1 aliphatic carbocycles. The summed E-state index contributed by atoms with van der Waals surface area (Å²) in [5.74, 6) is 1.46. The lowest BCUT2D eigenvalue weighted by atomic mass is 10.1. The molecular formula is C19H25N3O2. The number of aryl methyl sites for hydroxylation is 2. The Morgan fingerprint density at radius 3 is 2.83 bits per heavy atom. The first-order valence-electron chi connectivity index (χ1n) is 8.62. The zero-order valence-electron chi connectivity index (χ0n) is 14.4. The predicted octanol–water partition coefficient (Wildman–Crippen LogP) is 3.23. The second-order valence-corrected chi connectivity index (χ2v) is 6.59. The van der Waals surface area contributed by atoms with Crippen molar-refractivity contribution < 1.29 is 9.53 Å². The Labute approximate surface area is 143 Å². The normalized spacial score (nSPS) is 14.8. The number of hydrogen-bond acceptors (Lipinski definition) is 3. The van der Waals surface area contributed by atoms with Crippen LogP contribution in [0.2, 0.25) is 0 Å². The molecule has 0 unspecified atom stereocenters. The molecule has 0 saturated heterocycles. The van der Waals surface area contributed by atoms with Crippen LogP contribution in [-0.4, -0.2) is 22.3 Å². The number of benzene rings is 1. The van der Waals surface area contributed by atoms with Gasteiger partial charge in [0, 0.05) is 13.6 Å². The second-order valence-electron chi connectivity index (χ2n) is 6.59. The summed E-state index contributed by atoms with van der Waals surface area (Å²) < 4.78 is 7.52. The Hall–Kier alpha value is -2.30. The van der Waals surface area contributed by atoms with E-state index in [4.69, 9.17) is 4.74 Å². The van der Waals surface area contributed by atoms with E-state index in [9.17, 15) is 4.79 Å². The van der Waals surface area contributed by atoms with Crippen LogP contribution in [0.3, 0.4) is 0 Å². The highest BCUT2D eigenvalue weighted by atomic mass is 16.5. The number of amides is 1. The van der Waals surface area contributed by atoms with Gasteiger partial charge in [-0.2, -0.15) is 5.10 Å². The second kappa shape index (κ2) is 7.51. The quantitative estimate of drug-likeness (QED) is 0.886. The smallest absolute Gasteiger partial charge is 0.269 e. The summed E-state index contributed by atoms with van der Waals surface area (Å²) in [5, 5.41) is 7.14. The van der Waals surface area contributed by atoms with Gasteiger partial charge < -0.3 is 10.1 Å². The van der Waals surface area contributed by atoms with Crippen molar-refractivity contribution in [2.45, 2.75) is 39.2 Å². The van der Waals surface area contributed by atoms with E-state index in [2.05, 4.69) is 10.4 Å². The molecule has 24 heavy (non-hydrogen) atoms. The summed E-state index contributed by atoms with van der Waals surface area (Å²) in [6.45, 7) is 3.15. The highest BCUT2D eigenvalue weighted by Crippen LogP contribution is 2.25. The molecule has 1 amide bonds. The summed E-state index contributed by atoms with van der Waals surface area (Å²) >= 11 is 0. The van der Waals surface area contributed by atoms with Gasteiger partial charge in [-0.15, -0.1) is 0 Å². The standard InChI is InChI=1S/C19H25N3O2/c1-14-10-18(22(2)21-14)19(23)20-12-16-8-5-9-17(11-16)24-13-15-6-3-4-7-15/h5,8-11,15H,3-4,6-7,12-13H2,1-2H3,(H,20,23). The van der Waals surface area contributed by atoms with Crippen LogP contribution in [0.15, 0.2) is 30.3 Å². The fraction of sp³-hybridized carbons (Fsp3) is 0.474. The first-order chi connectivity index (χ1) is 11.6. The average molecular weight is 327 g/mol. The largest absolute Gasteiger partial charge is 0.493 e. The van der Waals surface area contributed by atoms with Gasteiger partial charge in [-0.1, -0.05) is 25.0 Å². The highest BCUT2D eigenvalue weighted by Gasteiger charge is 2.15. The lowest BCUT2D eigenvalue weighted by Crippen LogP contribution is -2.25. The molecule has 1 aromatic heterocycles. The zero-order valence-corrected chi connectivity index (χ0v) is 14.4. The maximum absolute atomic E-state index is 12.2. The molecule has 1 saturated carbocycles. The van der Waals surface area contributed by atoms with Gasteiger partial charge in [0.1, 0.15) is 11.4 Å². The molecule has 1 heterocycles. The molecule has 0 bridgehead atoms. The van der Waals surface area contributed by atoms with Crippen molar-refractivity contribution in [2.24, 2.45) is 13.0 Å².